The molecule has 1 aliphatic rings. The molecule has 0 atom stereocenters. The topological polar surface area (TPSA) is 34.9 Å². The van der Waals surface area contributed by atoms with Crippen LogP contribution in [0.4, 0.5) is 0 Å². The molecule has 3 heteroatoms. The molecule has 0 radical (unpaired) electrons. The van der Waals surface area contributed by atoms with Gasteiger partial charge in [-0.25, -0.2) is 4.98 Å². The maximum Gasteiger partial charge on any atom is 0.264 e. The summed E-state index contributed by atoms with van der Waals surface area (Å²) in [4.78, 5) is 18.1. The van der Waals surface area contributed by atoms with E-state index in [1.165, 1.54) is 11.1 Å². The molecule has 1 aromatic heterocycles. The van der Waals surface area contributed by atoms with Crippen LogP contribution in [0.15, 0.2) is 72.8 Å². The van der Waals surface area contributed by atoms with E-state index in [2.05, 4.69) is 62.4 Å². The molecule has 0 unspecified atom stereocenters. The zero-order chi connectivity index (χ0) is 18.5. The van der Waals surface area contributed by atoms with E-state index in [0.717, 1.165) is 33.9 Å². The largest absolute Gasteiger partial charge is 0.268 e. The van der Waals surface area contributed by atoms with Gasteiger partial charge in [-0.3, -0.25) is 9.36 Å². The van der Waals surface area contributed by atoms with Gasteiger partial charge < -0.3 is 0 Å². The fraction of sp³-hybridized carbons (Fsp3) is 0.0833. The molecule has 0 fully saturated rings. The van der Waals surface area contributed by atoms with E-state index >= 15 is 0 Å². The number of benzene rings is 3. The summed E-state index contributed by atoms with van der Waals surface area (Å²) in [5.74, 6) is 0.712. The summed E-state index contributed by atoms with van der Waals surface area (Å²) in [6, 6.07) is 24.3. The Hall–Kier alpha value is -3.46. The summed E-state index contributed by atoms with van der Waals surface area (Å²) in [7, 11) is 0. The summed E-state index contributed by atoms with van der Waals surface area (Å²) < 4.78 is 1.77. The van der Waals surface area contributed by atoms with Crippen LogP contribution in [0, 0.1) is 13.8 Å². The Balaban J connectivity index is 1.82. The number of hydrogen-bond acceptors (Lipinski definition) is 2. The van der Waals surface area contributed by atoms with Crippen molar-refractivity contribution in [2.24, 2.45) is 0 Å². The smallest absolute Gasteiger partial charge is 0.264 e. The molecule has 0 saturated heterocycles. The minimum absolute atomic E-state index is 0.0120. The summed E-state index contributed by atoms with van der Waals surface area (Å²) in [5, 5.41) is 0. The first kappa shape index (κ1) is 15.8. The van der Waals surface area contributed by atoms with Gasteiger partial charge >= 0.3 is 0 Å². The molecular formula is C24H18N2O. The van der Waals surface area contributed by atoms with Crippen molar-refractivity contribution in [1.29, 1.82) is 0 Å². The van der Waals surface area contributed by atoms with Gasteiger partial charge in [-0.15, -0.1) is 0 Å². The van der Waals surface area contributed by atoms with Crippen molar-refractivity contribution in [3.63, 3.8) is 0 Å². The summed E-state index contributed by atoms with van der Waals surface area (Å²) in [6.45, 7) is 4.13. The molecule has 0 saturated carbocycles. The van der Waals surface area contributed by atoms with Crippen LogP contribution in [0.3, 0.4) is 0 Å². The summed E-state index contributed by atoms with van der Waals surface area (Å²) >= 11 is 0. The number of aromatic nitrogens is 2. The number of carbonyl (C=O) groups is 1. The van der Waals surface area contributed by atoms with E-state index in [9.17, 15) is 4.79 Å². The van der Waals surface area contributed by atoms with Gasteiger partial charge in [-0.2, -0.15) is 0 Å². The van der Waals surface area contributed by atoms with Crippen LogP contribution in [-0.2, 0) is 0 Å². The molecule has 130 valence electrons. The Morgan fingerprint density at radius 1 is 0.704 bits per heavy atom. The van der Waals surface area contributed by atoms with E-state index in [1.54, 1.807) is 4.57 Å². The van der Waals surface area contributed by atoms with Gasteiger partial charge in [-0.1, -0.05) is 77.9 Å². The van der Waals surface area contributed by atoms with Crippen molar-refractivity contribution in [3.8, 4) is 33.9 Å². The molecule has 3 nitrogen and oxygen atoms in total. The van der Waals surface area contributed by atoms with Crippen molar-refractivity contribution in [2.75, 3.05) is 0 Å². The van der Waals surface area contributed by atoms with Gasteiger partial charge in [0.15, 0.2) is 0 Å². The van der Waals surface area contributed by atoms with Gasteiger partial charge in [-0.05, 0) is 19.9 Å². The van der Waals surface area contributed by atoms with Gasteiger partial charge in [0.2, 0.25) is 0 Å². The predicted octanol–water partition coefficient (Wildman–Crippen LogP) is 5.50. The maximum atomic E-state index is 13.2. The molecule has 0 amide bonds. The third-order valence-electron chi connectivity index (χ3n) is 5.13. The average Bonchev–Trinajstić information content (AvgIpc) is 3.20. The van der Waals surface area contributed by atoms with Crippen molar-refractivity contribution in [3.05, 3.63) is 89.5 Å². The normalized spacial score (nSPS) is 12.1. The van der Waals surface area contributed by atoms with E-state index in [0.29, 0.717) is 5.56 Å². The monoisotopic (exact) mass is 350 g/mol. The number of carbonyl (C=O) groups excluding carboxylic acids is 1. The van der Waals surface area contributed by atoms with Crippen LogP contribution in [0.1, 0.15) is 21.5 Å². The first-order valence-corrected chi connectivity index (χ1v) is 9.04. The average molecular weight is 350 g/mol. The highest BCUT2D eigenvalue weighted by molar-refractivity contribution is 6.11. The number of nitrogens with zero attached hydrogens (tertiary/aromatic N) is 2. The number of hydrogen-bond donors (Lipinski definition) is 0. The fourth-order valence-electron chi connectivity index (χ4n) is 3.67. The van der Waals surface area contributed by atoms with Crippen LogP contribution in [0.5, 0.6) is 0 Å². The Kier molecular flexibility index (Phi) is 3.37. The molecule has 4 aromatic rings. The summed E-state index contributed by atoms with van der Waals surface area (Å²) in [6.07, 6.45) is 0. The van der Waals surface area contributed by atoms with Crippen molar-refractivity contribution < 1.29 is 4.79 Å². The third-order valence-corrected chi connectivity index (χ3v) is 5.13. The zero-order valence-electron chi connectivity index (χ0n) is 15.2. The third kappa shape index (κ3) is 2.36. The van der Waals surface area contributed by atoms with Crippen LogP contribution < -0.4 is 0 Å². The van der Waals surface area contributed by atoms with E-state index in [4.69, 9.17) is 4.98 Å². The lowest BCUT2D eigenvalue weighted by Gasteiger charge is -2.09. The van der Waals surface area contributed by atoms with Crippen LogP contribution in [-0.4, -0.2) is 15.5 Å². The second kappa shape index (κ2) is 5.78. The van der Waals surface area contributed by atoms with Crippen LogP contribution >= 0.6 is 0 Å². The van der Waals surface area contributed by atoms with E-state index in [1.807, 2.05) is 24.3 Å². The zero-order valence-corrected chi connectivity index (χ0v) is 15.2. The second-order valence-corrected chi connectivity index (χ2v) is 7.05. The number of rotatable bonds is 2. The van der Waals surface area contributed by atoms with E-state index < -0.39 is 0 Å². The number of imidazole rings is 1. The maximum absolute atomic E-state index is 13.2. The van der Waals surface area contributed by atoms with Crippen LogP contribution in [0.2, 0.25) is 0 Å². The predicted molar refractivity (Wildman–Crippen MR) is 108 cm³/mol. The molecule has 5 rings (SSSR count). The van der Waals surface area contributed by atoms with Crippen LogP contribution in [0.25, 0.3) is 33.9 Å². The molecule has 0 spiro atoms. The molecule has 27 heavy (non-hydrogen) atoms. The SMILES string of the molecule is Cc1ccc(-c2nc3n(c2-c2ccc(C)cc2)C(=O)c2ccccc2-3)cc1. The fourth-order valence-corrected chi connectivity index (χ4v) is 3.67. The molecule has 0 bridgehead atoms. The Morgan fingerprint density at radius 2 is 1.26 bits per heavy atom. The van der Waals surface area contributed by atoms with Gasteiger partial charge in [0, 0.05) is 16.7 Å². The second-order valence-electron chi connectivity index (χ2n) is 7.05. The van der Waals surface area contributed by atoms with Crippen molar-refractivity contribution in [2.45, 2.75) is 13.8 Å². The summed E-state index contributed by atoms with van der Waals surface area (Å²) in [5.41, 5.74) is 7.71. The molecular weight excluding hydrogens is 332 g/mol. The minimum Gasteiger partial charge on any atom is -0.268 e. The van der Waals surface area contributed by atoms with Crippen molar-refractivity contribution in [1.82, 2.24) is 9.55 Å². The van der Waals surface area contributed by atoms with Crippen molar-refractivity contribution >= 4 is 5.91 Å². The lowest BCUT2D eigenvalue weighted by molar-refractivity contribution is 0.0971. The Labute approximate surface area is 157 Å². The van der Waals surface area contributed by atoms with E-state index in [-0.39, 0.29) is 5.91 Å². The highest BCUT2D eigenvalue weighted by atomic mass is 16.2. The molecule has 2 heterocycles. The molecule has 1 aliphatic heterocycles. The molecule has 0 N–H and O–H groups in total. The number of aryl methyl sites for hydroxylation is 2. The molecule has 3 aromatic carbocycles. The first-order chi connectivity index (χ1) is 13.1. The minimum atomic E-state index is -0.0120. The molecule has 0 aliphatic carbocycles. The number of fused-ring (bicyclic) bond motifs is 3. The highest BCUT2D eigenvalue weighted by Crippen LogP contribution is 2.41. The standard InChI is InChI=1S/C24H18N2O/c1-15-7-11-17(12-8-15)21-22(18-13-9-16(2)10-14-18)26-23(25-21)19-5-3-4-6-20(19)24(26)27/h3-14H,1-2H3. The highest BCUT2D eigenvalue weighted by Gasteiger charge is 2.33. The lowest BCUT2D eigenvalue weighted by Crippen LogP contribution is -2.08. The van der Waals surface area contributed by atoms with Gasteiger partial charge in [0.1, 0.15) is 5.82 Å². The lowest BCUT2D eigenvalue weighted by atomic mass is 10.0. The quantitative estimate of drug-likeness (QED) is 0.421. The first-order valence-electron chi connectivity index (χ1n) is 9.04. The Bertz CT molecular complexity index is 1180. The van der Waals surface area contributed by atoms with Gasteiger partial charge in [0.05, 0.1) is 17.0 Å². The Morgan fingerprint density at radius 3 is 1.89 bits per heavy atom. The van der Waals surface area contributed by atoms with Gasteiger partial charge in [0.25, 0.3) is 5.91 Å².